The lowest BCUT2D eigenvalue weighted by Crippen LogP contribution is -2.45. The molecule has 2 aliphatic rings. The van der Waals surface area contributed by atoms with Gasteiger partial charge in [-0.3, -0.25) is 0 Å². The molecule has 1 aromatic heterocycles. The summed E-state index contributed by atoms with van der Waals surface area (Å²) < 4.78 is 11.5. The standard InChI is InChI=1S/C15H19NO4S/c17-14(18)11-1-2-13(16-10-11)21-12-3-6-20-15(9-12)4-7-19-8-5-15/h1-2,10,12H,3-9H2,(H,17,18). The predicted octanol–water partition coefficient (Wildman–Crippen LogP) is 2.60. The molecule has 1 spiro atoms. The van der Waals surface area contributed by atoms with Gasteiger partial charge in [-0.15, -0.1) is 11.8 Å². The molecule has 21 heavy (non-hydrogen) atoms. The molecule has 114 valence electrons. The molecule has 2 fully saturated rings. The van der Waals surface area contributed by atoms with E-state index < -0.39 is 5.97 Å². The van der Waals surface area contributed by atoms with Gasteiger partial charge in [-0.05, 0) is 37.8 Å². The minimum Gasteiger partial charge on any atom is -0.478 e. The molecule has 1 N–H and O–H groups in total. The van der Waals surface area contributed by atoms with Crippen molar-refractivity contribution < 1.29 is 19.4 Å². The van der Waals surface area contributed by atoms with Gasteiger partial charge in [0.1, 0.15) is 0 Å². The van der Waals surface area contributed by atoms with Crippen molar-refractivity contribution in [3.8, 4) is 0 Å². The molecule has 2 saturated heterocycles. The second kappa shape index (κ2) is 6.34. The first-order chi connectivity index (χ1) is 10.2. The van der Waals surface area contributed by atoms with Crippen LogP contribution in [0.5, 0.6) is 0 Å². The van der Waals surface area contributed by atoms with Gasteiger partial charge in [-0.25, -0.2) is 9.78 Å². The van der Waals surface area contributed by atoms with E-state index in [-0.39, 0.29) is 11.2 Å². The summed E-state index contributed by atoms with van der Waals surface area (Å²) in [7, 11) is 0. The second-order valence-electron chi connectivity index (χ2n) is 5.57. The maximum absolute atomic E-state index is 10.8. The van der Waals surface area contributed by atoms with E-state index in [1.165, 1.54) is 6.20 Å². The first-order valence-electron chi connectivity index (χ1n) is 7.25. The number of aromatic carboxylic acids is 1. The predicted molar refractivity (Wildman–Crippen MR) is 78.8 cm³/mol. The summed E-state index contributed by atoms with van der Waals surface area (Å²) >= 11 is 1.73. The van der Waals surface area contributed by atoms with Crippen LogP contribution in [0.4, 0.5) is 0 Å². The highest BCUT2D eigenvalue weighted by atomic mass is 32.2. The van der Waals surface area contributed by atoms with Crippen molar-refractivity contribution in [3.63, 3.8) is 0 Å². The Hall–Kier alpha value is -1.11. The fraction of sp³-hybridized carbons (Fsp3) is 0.600. The molecular formula is C15H19NO4S. The number of pyridine rings is 1. The highest BCUT2D eigenvalue weighted by Crippen LogP contribution is 2.40. The van der Waals surface area contributed by atoms with E-state index in [1.807, 2.05) is 0 Å². The van der Waals surface area contributed by atoms with Gasteiger partial charge < -0.3 is 14.6 Å². The molecule has 0 bridgehead atoms. The summed E-state index contributed by atoms with van der Waals surface area (Å²) in [5, 5.41) is 10.2. The van der Waals surface area contributed by atoms with Gasteiger partial charge in [-0.1, -0.05) is 0 Å². The number of nitrogens with zero attached hydrogens (tertiary/aromatic N) is 1. The number of ether oxygens (including phenoxy) is 2. The smallest absolute Gasteiger partial charge is 0.337 e. The first-order valence-corrected chi connectivity index (χ1v) is 8.13. The molecular weight excluding hydrogens is 290 g/mol. The highest BCUT2D eigenvalue weighted by molar-refractivity contribution is 7.99. The number of rotatable bonds is 3. The average Bonchev–Trinajstić information content (AvgIpc) is 2.49. The van der Waals surface area contributed by atoms with Crippen LogP contribution in [0.1, 0.15) is 36.0 Å². The Morgan fingerprint density at radius 3 is 2.81 bits per heavy atom. The number of thioether (sulfide) groups is 1. The third kappa shape index (κ3) is 3.56. The van der Waals surface area contributed by atoms with Crippen LogP contribution in [0.2, 0.25) is 0 Å². The quantitative estimate of drug-likeness (QED) is 0.925. The molecule has 1 aromatic rings. The summed E-state index contributed by atoms with van der Waals surface area (Å²) in [6.45, 7) is 2.34. The topological polar surface area (TPSA) is 68.7 Å². The van der Waals surface area contributed by atoms with Crippen LogP contribution >= 0.6 is 11.8 Å². The number of carbonyl (C=O) groups is 1. The van der Waals surface area contributed by atoms with Crippen LogP contribution < -0.4 is 0 Å². The third-order valence-electron chi connectivity index (χ3n) is 4.12. The molecule has 0 amide bonds. The minimum absolute atomic E-state index is 0.0187. The van der Waals surface area contributed by atoms with Crippen molar-refractivity contribution in [2.45, 2.75) is 41.6 Å². The Kier molecular flexibility index (Phi) is 4.47. The van der Waals surface area contributed by atoms with Gasteiger partial charge in [0, 0.05) is 31.3 Å². The summed E-state index contributed by atoms with van der Waals surface area (Å²) in [6, 6.07) is 3.40. The number of aromatic nitrogens is 1. The molecule has 5 nitrogen and oxygen atoms in total. The molecule has 0 aliphatic carbocycles. The lowest BCUT2D eigenvalue weighted by Gasteiger charge is -2.43. The Morgan fingerprint density at radius 2 is 2.14 bits per heavy atom. The van der Waals surface area contributed by atoms with Gasteiger partial charge in [0.15, 0.2) is 0 Å². The molecule has 0 aromatic carbocycles. The van der Waals surface area contributed by atoms with E-state index >= 15 is 0 Å². The molecule has 1 unspecified atom stereocenters. The van der Waals surface area contributed by atoms with Gasteiger partial charge >= 0.3 is 5.97 Å². The van der Waals surface area contributed by atoms with Crippen LogP contribution in [0.25, 0.3) is 0 Å². The van der Waals surface area contributed by atoms with E-state index in [0.29, 0.717) is 5.25 Å². The molecule has 6 heteroatoms. The summed E-state index contributed by atoms with van der Waals surface area (Å²) in [6.07, 6.45) is 5.39. The average molecular weight is 309 g/mol. The monoisotopic (exact) mass is 309 g/mol. The molecule has 0 radical (unpaired) electrons. The summed E-state index contributed by atoms with van der Waals surface area (Å²) in [5.74, 6) is -0.939. The van der Waals surface area contributed by atoms with Crippen molar-refractivity contribution >= 4 is 17.7 Å². The number of hydrogen-bond donors (Lipinski definition) is 1. The van der Waals surface area contributed by atoms with E-state index in [0.717, 1.165) is 50.5 Å². The fourth-order valence-corrected chi connectivity index (χ4v) is 4.13. The zero-order valence-electron chi connectivity index (χ0n) is 11.8. The van der Waals surface area contributed by atoms with Gasteiger partial charge in [-0.2, -0.15) is 0 Å². The number of carboxylic acids is 1. The summed E-state index contributed by atoms with van der Waals surface area (Å²) in [4.78, 5) is 15.1. The Labute approximate surface area is 128 Å². The van der Waals surface area contributed by atoms with Crippen molar-refractivity contribution in [3.05, 3.63) is 23.9 Å². The zero-order chi connectivity index (χ0) is 14.7. The largest absolute Gasteiger partial charge is 0.478 e. The van der Waals surface area contributed by atoms with Crippen LogP contribution in [0.15, 0.2) is 23.4 Å². The Morgan fingerprint density at radius 1 is 1.33 bits per heavy atom. The van der Waals surface area contributed by atoms with Crippen LogP contribution in [0, 0.1) is 0 Å². The maximum atomic E-state index is 10.8. The van der Waals surface area contributed by atoms with Crippen LogP contribution in [-0.2, 0) is 9.47 Å². The first kappa shape index (κ1) is 14.8. The van der Waals surface area contributed by atoms with E-state index in [2.05, 4.69) is 4.98 Å². The molecule has 0 saturated carbocycles. The van der Waals surface area contributed by atoms with Crippen LogP contribution in [0.3, 0.4) is 0 Å². The Bertz CT molecular complexity index is 493. The van der Waals surface area contributed by atoms with Gasteiger partial charge in [0.25, 0.3) is 0 Å². The van der Waals surface area contributed by atoms with Crippen LogP contribution in [-0.4, -0.2) is 46.7 Å². The van der Waals surface area contributed by atoms with Crippen molar-refractivity contribution in [2.75, 3.05) is 19.8 Å². The molecule has 3 heterocycles. The Balaban J connectivity index is 1.62. The number of hydrogen-bond acceptors (Lipinski definition) is 5. The van der Waals surface area contributed by atoms with Crippen molar-refractivity contribution in [1.82, 2.24) is 4.98 Å². The number of carboxylic acid groups (broad SMARTS) is 1. The summed E-state index contributed by atoms with van der Waals surface area (Å²) in [5.41, 5.74) is 0.210. The lowest BCUT2D eigenvalue weighted by molar-refractivity contribution is -0.131. The van der Waals surface area contributed by atoms with Gasteiger partial charge in [0.2, 0.25) is 0 Å². The highest BCUT2D eigenvalue weighted by Gasteiger charge is 2.39. The van der Waals surface area contributed by atoms with Gasteiger partial charge in [0.05, 0.1) is 16.2 Å². The maximum Gasteiger partial charge on any atom is 0.337 e. The molecule has 1 atom stereocenters. The molecule has 3 rings (SSSR count). The normalized spacial score (nSPS) is 24.9. The van der Waals surface area contributed by atoms with Crippen molar-refractivity contribution in [1.29, 1.82) is 0 Å². The SMILES string of the molecule is O=C(O)c1ccc(SC2CCOC3(CCOCC3)C2)nc1. The molecule has 2 aliphatic heterocycles. The van der Waals surface area contributed by atoms with E-state index in [1.54, 1.807) is 23.9 Å². The van der Waals surface area contributed by atoms with E-state index in [4.69, 9.17) is 14.6 Å². The van der Waals surface area contributed by atoms with Crippen molar-refractivity contribution in [2.24, 2.45) is 0 Å². The third-order valence-corrected chi connectivity index (χ3v) is 5.34. The fourth-order valence-electron chi connectivity index (χ4n) is 2.92. The second-order valence-corrected chi connectivity index (χ2v) is 6.89. The van der Waals surface area contributed by atoms with E-state index in [9.17, 15) is 4.79 Å². The minimum atomic E-state index is -0.939. The lowest BCUT2D eigenvalue weighted by atomic mass is 9.86. The zero-order valence-corrected chi connectivity index (χ0v) is 12.6.